The van der Waals surface area contributed by atoms with Gasteiger partial charge in [0.05, 0.1) is 5.52 Å². The van der Waals surface area contributed by atoms with Gasteiger partial charge in [-0.25, -0.2) is 4.98 Å². The zero-order valence-corrected chi connectivity index (χ0v) is 12.7. The van der Waals surface area contributed by atoms with Crippen LogP contribution in [-0.2, 0) is 6.42 Å². The molecule has 0 atom stereocenters. The highest BCUT2D eigenvalue weighted by atomic mass is 79.9. The summed E-state index contributed by atoms with van der Waals surface area (Å²) in [7, 11) is 0. The Morgan fingerprint density at radius 1 is 1.24 bits per heavy atom. The van der Waals surface area contributed by atoms with Crippen LogP contribution >= 0.6 is 15.9 Å². The molecule has 0 amide bonds. The van der Waals surface area contributed by atoms with Gasteiger partial charge < -0.3 is 5.73 Å². The first-order chi connectivity index (χ1) is 10.1. The number of carbonyl (C=O) groups is 1. The second kappa shape index (κ2) is 5.61. The van der Waals surface area contributed by atoms with Gasteiger partial charge in [-0.05, 0) is 34.1 Å². The van der Waals surface area contributed by atoms with Crippen LogP contribution in [0.4, 0.5) is 5.69 Å². The van der Waals surface area contributed by atoms with E-state index >= 15 is 0 Å². The first-order valence-corrected chi connectivity index (χ1v) is 7.21. The fraction of sp³-hybridized carbons (Fsp3) is 0.0625. The molecule has 4 nitrogen and oxygen atoms in total. The Kier molecular flexibility index (Phi) is 3.66. The van der Waals surface area contributed by atoms with E-state index in [1.54, 1.807) is 18.5 Å². The smallest absolute Gasteiger partial charge is 0.186 e. The highest BCUT2D eigenvalue weighted by Crippen LogP contribution is 2.23. The molecule has 0 saturated heterocycles. The fourth-order valence-corrected chi connectivity index (χ4v) is 2.68. The Hall–Kier alpha value is -2.27. The van der Waals surface area contributed by atoms with Gasteiger partial charge in [-0.3, -0.25) is 9.78 Å². The van der Waals surface area contributed by atoms with Gasteiger partial charge in [0.2, 0.25) is 0 Å². The number of pyridine rings is 2. The van der Waals surface area contributed by atoms with Gasteiger partial charge in [-0.1, -0.05) is 18.2 Å². The average molecular weight is 342 g/mol. The lowest BCUT2D eigenvalue weighted by molar-refractivity contribution is 0.0988. The Morgan fingerprint density at radius 3 is 2.86 bits per heavy atom. The topological polar surface area (TPSA) is 68.9 Å². The molecule has 2 heterocycles. The van der Waals surface area contributed by atoms with Crippen molar-refractivity contribution in [2.24, 2.45) is 0 Å². The molecule has 3 aromatic rings. The Labute approximate surface area is 130 Å². The van der Waals surface area contributed by atoms with Gasteiger partial charge in [0.1, 0.15) is 5.69 Å². The Bertz CT molecular complexity index is 833. The van der Waals surface area contributed by atoms with Crippen molar-refractivity contribution in [2.45, 2.75) is 6.42 Å². The molecule has 5 heteroatoms. The van der Waals surface area contributed by atoms with Crippen LogP contribution in [0.1, 0.15) is 16.1 Å². The number of anilines is 1. The van der Waals surface area contributed by atoms with E-state index in [0.717, 1.165) is 10.9 Å². The normalized spacial score (nSPS) is 10.7. The van der Waals surface area contributed by atoms with Crippen molar-refractivity contribution in [2.75, 3.05) is 5.73 Å². The summed E-state index contributed by atoms with van der Waals surface area (Å²) in [5, 5.41) is 0.988. The molecular formula is C16H12BrN3O. The van der Waals surface area contributed by atoms with Crippen molar-refractivity contribution in [3.63, 3.8) is 0 Å². The molecule has 0 fully saturated rings. The van der Waals surface area contributed by atoms with Gasteiger partial charge in [-0.2, -0.15) is 0 Å². The third-order valence-corrected chi connectivity index (χ3v) is 3.84. The maximum atomic E-state index is 12.5. The van der Waals surface area contributed by atoms with E-state index in [0.29, 0.717) is 21.4 Å². The number of Topliss-reactive ketones (excluding diaryl/α,β-unsaturated/α-hetero) is 1. The Morgan fingerprint density at radius 2 is 2.05 bits per heavy atom. The maximum absolute atomic E-state index is 12.5. The van der Waals surface area contributed by atoms with Crippen LogP contribution < -0.4 is 5.73 Å². The van der Waals surface area contributed by atoms with E-state index < -0.39 is 0 Å². The van der Waals surface area contributed by atoms with Gasteiger partial charge in [0.25, 0.3) is 0 Å². The number of para-hydroxylation sites is 1. The predicted molar refractivity (Wildman–Crippen MR) is 86.1 cm³/mol. The van der Waals surface area contributed by atoms with Gasteiger partial charge >= 0.3 is 0 Å². The number of ketones is 1. The average Bonchev–Trinajstić information content (AvgIpc) is 2.49. The van der Waals surface area contributed by atoms with E-state index in [4.69, 9.17) is 5.73 Å². The number of rotatable bonds is 3. The highest BCUT2D eigenvalue weighted by Gasteiger charge is 2.15. The number of benzene rings is 1. The van der Waals surface area contributed by atoms with Gasteiger partial charge in [0.15, 0.2) is 5.78 Å². The van der Waals surface area contributed by atoms with Crippen molar-refractivity contribution in [1.29, 1.82) is 0 Å². The largest absolute Gasteiger partial charge is 0.398 e. The van der Waals surface area contributed by atoms with E-state index in [2.05, 4.69) is 25.9 Å². The molecule has 3 rings (SSSR count). The lowest BCUT2D eigenvalue weighted by Crippen LogP contribution is -2.09. The van der Waals surface area contributed by atoms with Crippen LogP contribution in [0, 0.1) is 0 Å². The number of nitrogens with two attached hydrogens (primary N) is 1. The number of nitrogen functional groups attached to an aromatic ring is 1. The first-order valence-electron chi connectivity index (χ1n) is 6.42. The molecule has 0 radical (unpaired) electrons. The summed E-state index contributed by atoms with van der Waals surface area (Å²) in [5.41, 5.74) is 8.34. The lowest BCUT2D eigenvalue weighted by atomic mass is 10.1. The van der Waals surface area contributed by atoms with E-state index in [9.17, 15) is 4.79 Å². The van der Waals surface area contributed by atoms with E-state index in [-0.39, 0.29) is 12.2 Å². The minimum atomic E-state index is -0.0904. The summed E-state index contributed by atoms with van der Waals surface area (Å²) >= 11 is 3.42. The van der Waals surface area contributed by atoms with Crippen LogP contribution in [0.15, 0.2) is 53.3 Å². The molecule has 0 saturated carbocycles. The van der Waals surface area contributed by atoms with Crippen LogP contribution in [0.2, 0.25) is 0 Å². The van der Waals surface area contributed by atoms with Crippen LogP contribution in [0.3, 0.4) is 0 Å². The molecule has 104 valence electrons. The molecule has 0 aliphatic carbocycles. The van der Waals surface area contributed by atoms with Gasteiger partial charge in [0, 0.05) is 39.9 Å². The standard InChI is InChI=1S/C16H12BrN3O/c17-12-7-10-3-1-2-4-14(10)20-16(12)15(21)8-11-9-19-6-5-13(11)18/h1-7,9H,8H2,(H2,18,19). The first kappa shape index (κ1) is 13.7. The number of fused-ring (bicyclic) bond motifs is 1. The molecule has 0 spiro atoms. The van der Waals surface area contributed by atoms with E-state index in [1.165, 1.54) is 0 Å². The summed E-state index contributed by atoms with van der Waals surface area (Å²) < 4.78 is 0.689. The molecule has 2 N–H and O–H groups in total. The zero-order chi connectivity index (χ0) is 14.8. The summed E-state index contributed by atoms with van der Waals surface area (Å²) in [4.78, 5) is 20.9. The van der Waals surface area contributed by atoms with Crippen molar-refractivity contribution in [1.82, 2.24) is 9.97 Å². The molecule has 0 unspecified atom stereocenters. The number of aromatic nitrogens is 2. The molecule has 21 heavy (non-hydrogen) atoms. The summed E-state index contributed by atoms with van der Waals surface area (Å²) in [5.74, 6) is -0.0904. The molecule has 0 bridgehead atoms. The van der Waals surface area contributed by atoms with Gasteiger partial charge in [-0.15, -0.1) is 0 Å². The van der Waals surface area contributed by atoms with Crippen LogP contribution in [-0.4, -0.2) is 15.8 Å². The predicted octanol–water partition coefficient (Wildman–Crippen LogP) is 3.40. The molecule has 0 aliphatic rings. The van der Waals surface area contributed by atoms with Crippen LogP contribution in [0.25, 0.3) is 10.9 Å². The van der Waals surface area contributed by atoms with E-state index in [1.807, 2.05) is 30.3 Å². The van der Waals surface area contributed by atoms with Crippen molar-refractivity contribution >= 4 is 38.3 Å². The molecule has 2 aromatic heterocycles. The number of hydrogen-bond donors (Lipinski definition) is 1. The number of carbonyl (C=O) groups excluding carboxylic acids is 1. The number of nitrogens with zero attached hydrogens (tertiary/aromatic N) is 2. The summed E-state index contributed by atoms with van der Waals surface area (Å²) in [6.45, 7) is 0. The lowest BCUT2D eigenvalue weighted by Gasteiger charge is -2.07. The second-order valence-electron chi connectivity index (χ2n) is 4.69. The zero-order valence-electron chi connectivity index (χ0n) is 11.1. The SMILES string of the molecule is Nc1ccncc1CC(=O)c1nc2ccccc2cc1Br. The second-order valence-corrected chi connectivity index (χ2v) is 5.54. The quantitative estimate of drug-likeness (QED) is 0.741. The third-order valence-electron chi connectivity index (χ3n) is 3.23. The monoisotopic (exact) mass is 341 g/mol. The third kappa shape index (κ3) is 2.78. The van der Waals surface area contributed by atoms with Crippen molar-refractivity contribution < 1.29 is 4.79 Å². The molecule has 0 aliphatic heterocycles. The minimum Gasteiger partial charge on any atom is -0.398 e. The number of hydrogen-bond acceptors (Lipinski definition) is 4. The molecule has 1 aromatic carbocycles. The molecular weight excluding hydrogens is 330 g/mol. The van der Waals surface area contributed by atoms with Crippen LogP contribution in [0.5, 0.6) is 0 Å². The summed E-state index contributed by atoms with van der Waals surface area (Å²) in [6.07, 6.45) is 3.40. The Balaban J connectivity index is 1.98. The maximum Gasteiger partial charge on any atom is 0.186 e. The minimum absolute atomic E-state index is 0.0904. The summed E-state index contributed by atoms with van der Waals surface area (Å²) in [6, 6.07) is 11.3. The number of halogens is 1. The van der Waals surface area contributed by atoms with Crippen molar-refractivity contribution in [3.8, 4) is 0 Å². The fourth-order valence-electron chi connectivity index (χ4n) is 2.13. The highest BCUT2D eigenvalue weighted by molar-refractivity contribution is 9.10. The van der Waals surface area contributed by atoms with Crippen molar-refractivity contribution in [3.05, 3.63) is 64.5 Å².